The average molecular weight is 479 g/mol. The van der Waals surface area contributed by atoms with E-state index in [1.807, 2.05) is 35.2 Å². The predicted octanol–water partition coefficient (Wildman–Crippen LogP) is 3.93. The Morgan fingerprint density at radius 1 is 1.21 bits per heavy atom. The molecule has 0 bridgehead atoms. The van der Waals surface area contributed by atoms with Gasteiger partial charge in [0, 0.05) is 21.5 Å². The van der Waals surface area contributed by atoms with Gasteiger partial charge in [-0.2, -0.15) is 0 Å². The van der Waals surface area contributed by atoms with Crippen LogP contribution in [0.3, 0.4) is 0 Å². The number of rotatable bonds is 4. The van der Waals surface area contributed by atoms with Crippen molar-refractivity contribution >= 4 is 54.2 Å². The molecule has 1 fully saturated rings. The van der Waals surface area contributed by atoms with Crippen molar-refractivity contribution in [3.05, 3.63) is 64.1 Å². The fraction of sp³-hybridized carbons (Fsp3) is 0.300. The van der Waals surface area contributed by atoms with Crippen molar-refractivity contribution in [3.8, 4) is 0 Å². The van der Waals surface area contributed by atoms with Crippen LogP contribution in [-0.4, -0.2) is 43.0 Å². The average Bonchev–Trinajstić information content (AvgIpc) is 3.12. The molecule has 5 nitrogen and oxygen atoms in total. The van der Waals surface area contributed by atoms with Crippen LogP contribution >= 0.6 is 27.7 Å². The fourth-order valence-electron chi connectivity index (χ4n) is 3.54. The van der Waals surface area contributed by atoms with Crippen LogP contribution in [0.25, 0.3) is 0 Å². The highest BCUT2D eigenvalue weighted by molar-refractivity contribution is 9.10. The number of carbonyl (C=O) groups is 1. The molecular formula is C20H19BrN2O3S2. The van der Waals surface area contributed by atoms with Crippen LogP contribution in [0.4, 0.5) is 5.69 Å². The number of nitrogens with zero attached hydrogens (tertiary/aromatic N) is 2. The maximum Gasteiger partial charge on any atom is 0.164 e. The van der Waals surface area contributed by atoms with E-state index in [9.17, 15) is 13.2 Å². The Balaban J connectivity index is 1.64. The number of hydrogen-bond acceptors (Lipinski definition) is 6. The lowest BCUT2D eigenvalue weighted by atomic mass is 10.1. The topological polar surface area (TPSA) is 66.8 Å². The Labute approximate surface area is 177 Å². The number of amidine groups is 1. The second-order valence-corrected chi connectivity index (χ2v) is 11.0. The van der Waals surface area contributed by atoms with Gasteiger partial charge in [0.2, 0.25) is 0 Å². The summed E-state index contributed by atoms with van der Waals surface area (Å²) in [5, 5.41) is 0.813. The number of halogens is 1. The number of anilines is 1. The first-order valence-electron chi connectivity index (χ1n) is 8.88. The lowest BCUT2D eigenvalue weighted by Crippen LogP contribution is -2.39. The third kappa shape index (κ3) is 4.04. The first kappa shape index (κ1) is 19.7. The van der Waals surface area contributed by atoms with E-state index < -0.39 is 9.84 Å². The standard InChI is InChI=1S/C20H19BrN2O3S2/c1-13(24)15-3-2-4-17(9-15)23-19-12-28(25,26)11-18(19)22-20(23)27-10-14-5-7-16(21)8-6-14/h2-9,18-19H,10-12H2,1H3/t18-,19+/m1/s1. The highest BCUT2D eigenvalue weighted by Crippen LogP contribution is 2.36. The van der Waals surface area contributed by atoms with Gasteiger partial charge in [0.15, 0.2) is 20.8 Å². The SMILES string of the molecule is CC(=O)c1cccc(N2C(SCc3ccc(Br)cc3)=N[C@@H]3CS(=O)(=O)C[C@@H]32)c1. The number of aliphatic imine (C=N–C) groups is 1. The maximum atomic E-state index is 12.2. The zero-order valence-corrected chi connectivity index (χ0v) is 18.4. The quantitative estimate of drug-likeness (QED) is 0.622. The van der Waals surface area contributed by atoms with Crippen molar-refractivity contribution in [2.24, 2.45) is 4.99 Å². The van der Waals surface area contributed by atoms with Gasteiger partial charge in [0.05, 0.1) is 23.6 Å². The number of carbonyl (C=O) groups excluding carboxylic acids is 1. The van der Waals surface area contributed by atoms with Crippen molar-refractivity contribution in [2.45, 2.75) is 24.8 Å². The number of Topliss-reactive ketones (excluding diaryl/α,β-unsaturated/α-hetero) is 1. The molecule has 4 rings (SSSR count). The smallest absolute Gasteiger partial charge is 0.164 e. The van der Waals surface area contributed by atoms with Crippen molar-refractivity contribution in [3.63, 3.8) is 0 Å². The molecule has 2 atom stereocenters. The summed E-state index contributed by atoms with van der Waals surface area (Å²) < 4.78 is 25.3. The summed E-state index contributed by atoms with van der Waals surface area (Å²) in [6.45, 7) is 1.53. The van der Waals surface area contributed by atoms with Crippen molar-refractivity contribution < 1.29 is 13.2 Å². The summed E-state index contributed by atoms with van der Waals surface area (Å²) in [4.78, 5) is 18.6. The van der Waals surface area contributed by atoms with Crippen LogP contribution in [0.15, 0.2) is 58.0 Å². The molecule has 2 aromatic carbocycles. The van der Waals surface area contributed by atoms with E-state index in [4.69, 9.17) is 4.99 Å². The highest BCUT2D eigenvalue weighted by atomic mass is 79.9. The summed E-state index contributed by atoms with van der Waals surface area (Å²) in [5.74, 6) is 0.899. The van der Waals surface area contributed by atoms with Gasteiger partial charge in [-0.1, -0.05) is 52.0 Å². The summed E-state index contributed by atoms with van der Waals surface area (Å²) >= 11 is 5.04. The lowest BCUT2D eigenvalue weighted by Gasteiger charge is -2.26. The first-order chi connectivity index (χ1) is 13.3. The molecule has 0 spiro atoms. The molecule has 2 aliphatic heterocycles. The number of hydrogen-bond donors (Lipinski definition) is 0. The van der Waals surface area contributed by atoms with E-state index in [0.29, 0.717) is 5.56 Å². The van der Waals surface area contributed by atoms with Crippen LogP contribution in [0, 0.1) is 0 Å². The molecule has 2 aliphatic rings. The molecule has 1 saturated heterocycles. The second kappa shape index (κ2) is 7.65. The first-order valence-corrected chi connectivity index (χ1v) is 12.5. The van der Waals surface area contributed by atoms with Gasteiger partial charge in [-0.05, 0) is 36.8 Å². The van der Waals surface area contributed by atoms with E-state index in [0.717, 1.165) is 26.6 Å². The number of sulfone groups is 1. The lowest BCUT2D eigenvalue weighted by molar-refractivity contribution is 0.101. The molecular weight excluding hydrogens is 460 g/mol. The minimum atomic E-state index is -3.10. The predicted molar refractivity (Wildman–Crippen MR) is 118 cm³/mol. The Bertz CT molecular complexity index is 1050. The fourth-order valence-corrected chi connectivity index (χ4v) is 6.73. The molecule has 0 unspecified atom stereocenters. The Kier molecular flexibility index (Phi) is 5.37. The summed E-state index contributed by atoms with van der Waals surface area (Å²) in [7, 11) is -3.10. The van der Waals surface area contributed by atoms with Gasteiger partial charge in [0.1, 0.15) is 0 Å². The van der Waals surface area contributed by atoms with Gasteiger partial charge < -0.3 is 4.90 Å². The summed E-state index contributed by atoms with van der Waals surface area (Å²) in [5.41, 5.74) is 2.59. The Morgan fingerprint density at radius 3 is 2.68 bits per heavy atom. The third-order valence-electron chi connectivity index (χ3n) is 4.92. The van der Waals surface area contributed by atoms with E-state index in [-0.39, 0.29) is 29.4 Å². The third-order valence-corrected chi connectivity index (χ3v) is 8.18. The molecule has 0 N–H and O–H groups in total. The number of thioether (sulfide) groups is 1. The zero-order chi connectivity index (χ0) is 19.9. The van der Waals surface area contributed by atoms with Gasteiger partial charge >= 0.3 is 0 Å². The van der Waals surface area contributed by atoms with E-state index in [2.05, 4.69) is 28.1 Å². The van der Waals surface area contributed by atoms with Gasteiger partial charge in [-0.15, -0.1) is 0 Å². The minimum Gasteiger partial charge on any atom is -0.315 e. The summed E-state index contributed by atoms with van der Waals surface area (Å²) in [6.07, 6.45) is 0. The summed E-state index contributed by atoms with van der Waals surface area (Å²) in [6, 6.07) is 15.0. The molecule has 0 radical (unpaired) electrons. The molecule has 0 amide bonds. The van der Waals surface area contributed by atoms with Crippen molar-refractivity contribution in [2.75, 3.05) is 16.4 Å². The van der Waals surface area contributed by atoms with Crippen molar-refractivity contribution in [1.29, 1.82) is 0 Å². The van der Waals surface area contributed by atoms with Crippen molar-refractivity contribution in [1.82, 2.24) is 0 Å². The molecule has 0 aliphatic carbocycles. The van der Waals surface area contributed by atoms with E-state index in [1.54, 1.807) is 17.8 Å². The molecule has 8 heteroatoms. The van der Waals surface area contributed by atoms with Crippen LogP contribution in [0.1, 0.15) is 22.8 Å². The maximum absolute atomic E-state index is 12.2. The van der Waals surface area contributed by atoms with Gasteiger partial charge in [-0.3, -0.25) is 9.79 Å². The molecule has 28 heavy (non-hydrogen) atoms. The van der Waals surface area contributed by atoms with E-state index >= 15 is 0 Å². The molecule has 0 saturated carbocycles. The van der Waals surface area contributed by atoms with Crippen LogP contribution in [0.2, 0.25) is 0 Å². The number of fused-ring (bicyclic) bond motifs is 1. The van der Waals surface area contributed by atoms with Gasteiger partial charge in [-0.25, -0.2) is 8.42 Å². The number of ketones is 1. The van der Waals surface area contributed by atoms with Gasteiger partial charge in [0.25, 0.3) is 0 Å². The Hall–Kier alpha value is -1.64. The molecule has 2 aromatic rings. The largest absolute Gasteiger partial charge is 0.315 e. The molecule has 146 valence electrons. The van der Waals surface area contributed by atoms with Crippen LogP contribution in [-0.2, 0) is 15.6 Å². The van der Waals surface area contributed by atoms with Crippen LogP contribution < -0.4 is 4.90 Å². The number of benzene rings is 2. The Morgan fingerprint density at radius 2 is 1.96 bits per heavy atom. The molecule has 2 heterocycles. The molecule has 0 aromatic heterocycles. The minimum absolute atomic E-state index is 0.0161. The second-order valence-electron chi connectivity index (χ2n) is 7.01. The van der Waals surface area contributed by atoms with Crippen LogP contribution in [0.5, 0.6) is 0 Å². The monoisotopic (exact) mass is 478 g/mol. The zero-order valence-electron chi connectivity index (χ0n) is 15.2. The highest BCUT2D eigenvalue weighted by Gasteiger charge is 2.47. The van der Waals surface area contributed by atoms with E-state index in [1.165, 1.54) is 6.92 Å². The normalized spacial score (nSPS) is 22.8.